The van der Waals surface area contributed by atoms with Gasteiger partial charge in [-0.15, -0.1) is 0 Å². The fourth-order valence-electron chi connectivity index (χ4n) is 7.91. The highest BCUT2D eigenvalue weighted by Crippen LogP contribution is 2.42. The Morgan fingerprint density at radius 3 is 1.60 bits per heavy atom. The first-order valence-electron chi connectivity index (χ1n) is 20.4. The van der Waals surface area contributed by atoms with E-state index in [-0.39, 0.29) is 11.2 Å². The molecule has 9 rings (SSSR count). The number of pyridine rings is 2. The first kappa shape index (κ1) is 38.0. The van der Waals surface area contributed by atoms with E-state index in [0.29, 0.717) is 11.3 Å². The minimum Gasteiger partial charge on any atom is -0.507 e. The number of phenols is 1. The Kier molecular flexibility index (Phi) is 10.4. The third-order valence-corrected chi connectivity index (χ3v) is 11.4. The summed E-state index contributed by atoms with van der Waals surface area (Å²) in [6.07, 6.45) is 1.84. The van der Waals surface area contributed by atoms with Gasteiger partial charge in [0.1, 0.15) is 11.6 Å². The van der Waals surface area contributed by atoms with Gasteiger partial charge in [0.15, 0.2) is 0 Å². The summed E-state index contributed by atoms with van der Waals surface area (Å²) >= 11 is 0. The van der Waals surface area contributed by atoms with E-state index in [1.165, 1.54) is 16.7 Å². The SMILES string of the molecule is Cc1ccc(C(C)(C)c2ccc(-c3cc(-c4cc(-c5ccccc5)cc(-c5ccccc5O)n4)cc(N(c4ccc(-c5ccccc5)cc4)c4ccccn4)c3)cc2)cc1. The number of aromatic hydroxyl groups is 1. The smallest absolute Gasteiger partial charge is 0.137 e. The second kappa shape index (κ2) is 16.4. The van der Waals surface area contributed by atoms with Crippen LogP contribution in [-0.2, 0) is 5.41 Å². The Morgan fingerprint density at radius 2 is 0.950 bits per heavy atom. The molecule has 60 heavy (non-hydrogen) atoms. The molecule has 0 aliphatic rings. The molecule has 290 valence electrons. The molecular formula is C56H45N3O. The summed E-state index contributed by atoms with van der Waals surface area (Å²) in [6.45, 7) is 6.70. The summed E-state index contributed by atoms with van der Waals surface area (Å²) in [5.41, 5.74) is 15.1. The highest BCUT2D eigenvalue weighted by molar-refractivity contribution is 5.86. The van der Waals surface area contributed by atoms with E-state index in [9.17, 15) is 5.11 Å². The van der Waals surface area contributed by atoms with Crippen LogP contribution in [0.1, 0.15) is 30.5 Å². The van der Waals surface area contributed by atoms with Gasteiger partial charge in [-0.3, -0.25) is 4.90 Å². The zero-order chi connectivity index (χ0) is 41.1. The van der Waals surface area contributed by atoms with Crippen LogP contribution in [0, 0.1) is 6.92 Å². The van der Waals surface area contributed by atoms with Crippen molar-refractivity contribution in [2.75, 3.05) is 4.90 Å². The first-order chi connectivity index (χ1) is 29.3. The van der Waals surface area contributed by atoms with Crippen molar-refractivity contribution < 1.29 is 5.11 Å². The van der Waals surface area contributed by atoms with Crippen molar-refractivity contribution in [3.63, 3.8) is 0 Å². The lowest BCUT2D eigenvalue weighted by atomic mass is 9.77. The molecule has 1 N–H and O–H groups in total. The van der Waals surface area contributed by atoms with E-state index in [1.54, 1.807) is 6.07 Å². The fraction of sp³-hybridized carbons (Fsp3) is 0.0714. The number of phenolic OH excluding ortho intramolecular Hbond substituents is 1. The minimum atomic E-state index is -0.178. The summed E-state index contributed by atoms with van der Waals surface area (Å²) in [5, 5.41) is 11.1. The van der Waals surface area contributed by atoms with E-state index in [1.807, 2.05) is 66.9 Å². The molecule has 0 atom stereocenters. The molecule has 4 heteroatoms. The van der Waals surface area contributed by atoms with Gasteiger partial charge in [-0.1, -0.05) is 159 Å². The number of para-hydroxylation sites is 1. The molecule has 0 spiro atoms. The third kappa shape index (κ3) is 7.84. The quantitative estimate of drug-likeness (QED) is 0.150. The lowest BCUT2D eigenvalue weighted by Crippen LogP contribution is -2.18. The van der Waals surface area contributed by atoms with Crippen molar-refractivity contribution in [3.05, 3.63) is 229 Å². The summed E-state index contributed by atoms with van der Waals surface area (Å²) in [4.78, 5) is 12.4. The predicted octanol–water partition coefficient (Wildman–Crippen LogP) is 14.6. The maximum absolute atomic E-state index is 11.1. The van der Waals surface area contributed by atoms with Crippen LogP contribution >= 0.6 is 0 Å². The topological polar surface area (TPSA) is 49.3 Å². The molecule has 0 radical (unpaired) electrons. The average Bonchev–Trinajstić information content (AvgIpc) is 3.30. The molecular weight excluding hydrogens is 731 g/mol. The lowest BCUT2D eigenvalue weighted by Gasteiger charge is -2.27. The summed E-state index contributed by atoms with van der Waals surface area (Å²) in [7, 11) is 0. The molecule has 0 aliphatic carbocycles. The molecule has 0 amide bonds. The number of nitrogens with zero attached hydrogens (tertiary/aromatic N) is 3. The standard InChI is InChI=1S/C56H45N3O/c1-39-21-27-47(28-22-39)56(2,3)48-29-23-43(24-30-48)44-34-46(52-37-45(41-16-8-5-9-17-41)38-53(58-52)51-18-10-11-19-54(51)60)36-50(35-44)59(55-20-12-13-33-57-55)49-31-25-42(26-32-49)40-14-6-4-7-15-40/h4-38,60H,1-3H3. The molecule has 7 aromatic carbocycles. The van der Waals surface area contributed by atoms with E-state index >= 15 is 0 Å². The molecule has 0 saturated heterocycles. The van der Waals surface area contributed by atoms with Gasteiger partial charge >= 0.3 is 0 Å². The Balaban J connectivity index is 1.23. The molecule has 0 bridgehead atoms. The number of benzene rings is 7. The largest absolute Gasteiger partial charge is 0.507 e. The van der Waals surface area contributed by atoms with Gasteiger partial charge in [0.2, 0.25) is 0 Å². The van der Waals surface area contributed by atoms with E-state index in [4.69, 9.17) is 9.97 Å². The molecule has 9 aromatic rings. The highest BCUT2D eigenvalue weighted by Gasteiger charge is 2.24. The zero-order valence-electron chi connectivity index (χ0n) is 34.0. The van der Waals surface area contributed by atoms with Crippen molar-refractivity contribution in [3.8, 4) is 61.6 Å². The van der Waals surface area contributed by atoms with Gasteiger partial charge in [0.25, 0.3) is 0 Å². The van der Waals surface area contributed by atoms with Crippen LogP contribution in [0.4, 0.5) is 17.2 Å². The maximum atomic E-state index is 11.1. The Bertz CT molecular complexity index is 2870. The first-order valence-corrected chi connectivity index (χ1v) is 20.4. The molecule has 2 aromatic heterocycles. The highest BCUT2D eigenvalue weighted by atomic mass is 16.3. The second-order valence-corrected chi connectivity index (χ2v) is 15.8. The van der Waals surface area contributed by atoms with Gasteiger partial charge in [-0.05, 0) is 118 Å². The number of aryl methyl sites for hydroxylation is 1. The molecule has 0 unspecified atom stereocenters. The normalized spacial score (nSPS) is 11.3. The van der Waals surface area contributed by atoms with Gasteiger partial charge in [-0.25, -0.2) is 9.97 Å². The summed E-state index contributed by atoms with van der Waals surface area (Å²) in [5.74, 6) is 0.980. The van der Waals surface area contributed by atoms with Crippen LogP contribution in [0.15, 0.2) is 212 Å². The Hall–Kier alpha value is -7.56. The fourth-order valence-corrected chi connectivity index (χ4v) is 7.91. The van der Waals surface area contributed by atoms with Crippen molar-refractivity contribution in [1.29, 1.82) is 0 Å². The van der Waals surface area contributed by atoms with Gasteiger partial charge in [0.05, 0.1) is 11.4 Å². The third-order valence-electron chi connectivity index (χ3n) is 11.4. The van der Waals surface area contributed by atoms with E-state index in [2.05, 4.69) is 165 Å². The monoisotopic (exact) mass is 775 g/mol. The Labute approximate surface area is 352 Å². The van der Waals surface area contributed by atoms with Crippen molar-refractivity contribution in [2.24, 2.45) is 0 Å². The molecule has 4 nitrogen and oxygen atoms in total. The van der Waals surface area contributed by atoms with Crippen molar-refractivity contribution >= 4 is 17.2 Å². The van der Waals surface area contributed by atoms with Crippen LogP contribution in [0.5, 0.6) is 5.75 Å². The van der Waals surface area contributed by atoms with Crippen molar-refractivity contribution in [2.45, 2.75) is 26.2 Å². The number of rotatable bonds is 10. The van der Waals surface area contributed by atoms with Crippen LogP contribution < -0.4 is 4.90 Å². The van der Waals surface area contributed by atoms with Gasteiger partial charge in [0, 0.05) is 34.1 Å². The van der Waals surface area contributed by atoms with Crippen molar-refractivity contribution in [1.82, 2.24) is 9.97 Å². The average molecular weight is 776 g/mol. The number of aromatic nitrogens is 2. The number of anilines is 3. The summed E-state index contributed by atoms with van der Waals surface area (Å²) in [6, 6.07) is 71.5. The van der Waals surface area contributed by atoms with Gasteiger partial charge in [-0.2, -0.15) is 0 Å². The Morgan fingerprint density at radius 1 is 0.433 bits per heavy atom. The van der Waals surface area contributed by atoms with Crippen LogP contribution in [0.3, 0.4) is 0 Å². The zero-order valence-corrected chi connectivity index (χ0v) is 34.0. The molecule has 0 saturated carbocycles. The second-order valence-electron chi connectivity index (χ2n) is 15.8. The predicted molar refractivity (Wildman–Crippen MR) is 249 cm³/mol. The van der Waals surface area contributed by atoms with E-state index in [0.717, 1.165) is 61.8 Å². The van der Waals surface area contributed by atoms with Crippen LogP contribution in [0.25, 0.3) is 55.9 Å². The minimum absolute atomic E-state index is 0.178. The van der Waals surface area contributed by atoms with Crippen LogP contribution in [-0.4, -0.2) is 15.1 Å². The molecule has 0 fully saturated rings. The maximum Gasteiger partial charge on any atom is 0.137 e. The van der Waals surface area contributed by atoms with Crippen LogP contribution in [0.2, 0.25) is 0 Å². The van der Waals surface area contributed by atoms with E-state index < -0.39 is 0 Å². The number of hydrogen-bond acceptors (Lipinski definition) is 4. The lowest BCUT2D eigenvalue weighted by molar-refractivity contribution is 0.477. The summed E-state index contributed by atoms with van der Waals surface area (Å²) < 4.78 is 0. The molecule has 0 aliphatic heterocycles. The molecule has 2 heterocycles. The van der Waals surface area contributed by atoms with Gasteiger partial charge < -0.3 is 5.11 Å². The number of hydrogen-bond donors (Lipinski definition) is 1.